The summed E-state index contributed by atoms with van der Waals surface area (Å²) in [4.78, 5) is 38.7. The van der Waals surface area contributed by atoms with Gasteiger partial charge in [-0.05, 0) is 166 Å². The van der Waals surface area contributed by atoms with E-state index in [-0.39, 0.29) is 36.9 Å². The molecule has 2 heterocycles. The van der Waals surface area contributed by atoms with Gasteiger partial charge in [0.1, 0.15) is 29.2 Å². The summed E-state index contributed by atoms with van der Waals surface area (Å²) in [6.07, 6.45) is 6.12. The predicted molar refractivity (Wildman–Crippen MR) is 320 cm³/mol. The average Bonchev–Trinajstić information content (AvgIpc) is 4.10. The number of amides is 3. The minimum Gasteiger partial charge on any atom is -0.444 e. The molecule has 7 N–H and O–H groups in total. The van der Waals surface area contributed by atoms with Crippen molar-refractivity contribution in [3.63, 3.8) is 0 Å². The number of aryl methyl sites for hydroxylation is 2. The van der Waals surface area contributed by atoms with Crippen molar-refractivity contribution in [2.75, 3.05) is 23.8 Å². The van der Waals surface area contributed by atoms with Gasteiger partial charge in [-0.2, -0.15) is 10.2 Å². The predicted octanol–water partition coefficient (Wildman–Crippen LogP) is 12.5. The Bertz CT molecular complexity index is 3310. The fourth-order valence-electron chi connectivity index (χ4n) is 9.18. The largest absolute Gasteiger partial charge is 0.444 e. The average molecular weight is 1120 g/mol. The van der Waals surface area contributed by atoms with Gasteiger partial charge in [0.15, 0.2) is 0 Å². The van der Waals surface area contributed by atoms with Crippen LogP contribution in [-0.4, -0.2) is 66.5 Å². The number of aliphatic hydroxyl groups excluding tert-OH is 2. The molecule has 2 aliphatic carbocycles. The number of aromatic nitrogens is 4. The fourth-order valence-corrected chi connectivity index (χ4v) is 9.18. The summed E-state index contributed by atoms with van der Waals surface area (Å²) >= 11 is 0. The van der Waals surface area contributed by atoms with Crippen LogP contribution in [0.2, 0.25) is 0 Å². The van der Waals surface area contributed by atoms with Gasteiger partial charge in [0.25, 0.3) is 11.8 Å². The summed E-state index contributed by atoms with van der Waals surface area (Å²) < 4.78 is 15.0. The fraction of sp³-hybridized carbons (Fsp3) is 0.308. The zero-order valence-electron chi connectivity index (χ0n) is 46.8. The monoisotopic (exact) mass is 1110 g/mol. The first-order valence-corrected chi connectivity index (χ1v) is 27.4. The third kappa shape index (κ3) is 17.3. The molecule has 3 amide bonds. The van der Waals surface area contributed by atoms with Gasteiger partial charge in [0.2, 0.25) is 0 Å². The lowest BCUT2D eigenvalue weighted by Crippen LogP contribution is -2.32. The smallest absolute Gasteiger partial charge is 0.407 e. The number of rotatable bonds is 17. The van der Waals surface area contributed by atoms with Gasteiger partial charge in [0.05, 0.1) is 29.4 Å². The van der Waals surface area contributed by atoms with Gasteiger partial charge in [-0.3, -0.25) is 9.59 Å². The van der Waals surface area contributed by atoms with E-state index in [1.165, 1.54) is 38.5 Å². The molecule has 6 aromatic carbocycles. The third-order valence-electron chi connectivity index (χ3n) is 13.8. The molecule has 2 unspecified atom stereocenters. The van der Waals surface area contributed by atoms with Crippen molar-refractivity contribution in [3.05, 3.63) is 226 Å². The van der Waals surface area contributed by atoms with E-state index >= 15 is 0 Å². The highest BCUT2D eigenvalue weighted by molar-refractivity contribution is 6.04. The summed E-state index contributed by atoms with van der Waals surface area (Å²) in [7, 11) is 0. The van der Waals surface area contributed by atoms with Crippen molar-refractivity contribution in [2.24, 2.45) is 17.6 Å². The highest BCUT2D eigenvalue weighted by Gasteiger charge is 2.24. The van der Waals surface area contributed by atoms with Gasteiger partial charge < -0.3 is 41.4 Å². The van der Waals surface area contributed by atoms with Crippen molar-refractivity contribution in [1.82, 2.24) is 24.9 Å². The zero-order chi connectivity index (χ0) is 56.6. The molecule has 0 radical (unpaired) electrons. The maximum absolute atomic E-state index is 13.4. The Morgan fingerprint density at radius 3 is 1.59 bits per heavy atom. The number of ether oxygens (including phenoxy) is 2. The lowest BCUT2D eigenvalue weighted by Gasteiger charge is -2.28. The Morgan fingerprint density at radius 1 is 0.617 bits per heavy atom. The number of nitrogens with zero attached hydrogens (tertiary/aromatic N) is 4. The number of aliphatic hydroxyl groups is 2. The van der Waals surface area contributed by atoms with Gasteiger partial charge in [0, 0.05) is 31.1 Å². The summed E-state index contributed by atoms with van der Waals surface area (Å²) in [5.74, 6) is 0.747. The Kier molecular flexibility index (Phi) is 21.7. The number of carbonyl (C=O) groups excluding carboxylic acids is 3. The Balaban J connectivity index is 0.000000209. The molecule has 0 spiro atoms. The number of halogens is 1. The number of benzene rings is 6. The summed E-state index contributed by atoms with van der Waals surface area (Å²) in [6.45, 7) is 11.0. The topological polar surface area (TPSA) is 208 Å². The van der Waals surface area contributed by atoms with Crippen LogP contribution in [-0.2, 0) is 22.6 Å². The summed E-state index contributed by atoms with van der Waals surface area (Å²) in [5.41, 5.74) is 15.6. The molecule has 424 valence electrons. The van der Waals surface area contributed by atoms with Crippen LogP contribution in [0, 0.1) is 25.7 Å². The van der Waals surface area contributed by atoms with E-state index in [0.717, 1.165) is 45.8 Å². The molecule has 2 aliphatic rings. The number of alkyl carbamates (subject to hydrolysis) is 1. The standard InChI is InChI=1S/C30H32N4O4.C30H32N4O2.C5H10O.ClH/c1-20-16-26(28(36)32-24-14-9-13-23(18-24)27(35)22-11-6-5-7-12-22)34(33-20)25-15-8-10-21(17-25)19-31-29(37)38-30(2,3)4;1-21-16-28(34(33-21)27-15-6-10-23(17-27)19-31)30(35)32-26-14-7-13-25(18-26)29(24-11-3-2-4-12-24)36-20-22-8-5-9-22;6-4-5-2-1-3-5;/h5-18,27,35H,19H2,1-4H3,(H,31,37)(H,32,36);2-4,6-7,10-18,22,29H,5,8-9,19-20,31H2,1H3,(H,32,35);5-6H,1-4H2;1H. The second kappa shape index (κ2) is 29.0. The number of carbonyl (C=O) groups is 3. The van der Waals surface area contributed by atoms with Gasteiger partial charge in [-0.15, -0.1) is 12.4 Å². The third-order valence-corrected chi connectivity index (χ3v) is 13.8. The number of hydrogen-bond donors (Lipinski definition) is 6. The maximum atomic E-state index is 13.4. The lowest BCUT2D eigenvalue weighted by atomic mass is 9.86. The van der Waals surface area contributed by atoms with Crippen molar-refractivity contribution in [1.29, 1.82) is 0 Å². The van der Waals surface area contributed by atoms with Crippen LogP contribution in [0.4, 0.5) is 16.2 Å². The van der Waals surface area contributed by atoms with Crippen LogP contribution in [0.5, 0.6) is 0 Å². The molecule has 81 heavy (non-hydrogen) atoms. The Labute approximate surface area is 481 Å². The quantitative estimate of drug-likeness (QED) is 0.0508. The van der Waals surface area contributed by atoms with Crippen LogP contribution >= 0.6 is 12.4 Å². The highest BCUT2D eigenvalue weighted by Crippen LogP contribution is 2.33. The van der Waals surface area contributed by atoms with E-state index < -0.39 is 17.8 Å². The first-order chi connectivity index (χ1) is 38.6. The molecule has 2 saturated carbocycles. The summed E-state index contributed by atoms with van der Waals surface area (Å²) in [5, 5.41) is 36.9. The number of anilines is 2. The first-order valence-electron chi connectivity index (χ1n) is 27.4. The lowest BCUT2D eigenvalue weighted by molar-refractivity contribution is 0.0302. The molecule has 0 saturated heterocycles. The molecule has 2 aromatic heterocycles. The van der Waals surface area contributed by atoms with Crippen molar-refractivity contribution < 1.29 is 34.1 Å². The van der Waals surface area contributed by atoms with E-state index in [4.69, 9.17) is 20.3 Å². The van der Waals surface area contributed by atoms with Gasteiger partial charge in [-0.25, -0.2) is 14.2 Å². The van der Waals surface area contributed by atoms with Crippen molar-refractivity contribution in [3.8, 4) is 11.4 Å². The number of nitrogens with two attached hydrogens (primary N) is 1. The van der Waals surface area contributed by atoms with E-state index in [1.54, 1.807) is 39.7 Å². The Morgan fingerprint density at radius 2 is 1.10 bits per heavy atom. The van der Waals surface area contributed by atoms with Crippen molar-refractivity contribution >= 4 is 41.7 Å². The van der Waals surface area contributed by atoms with E-state index in [2.05, 4.69) is 44.3 Å². The second-order valence-corrected chi connectivity index (χ2v) is 21.4. The van der Waals surface area contributed by atoms with E-state index in [1.807, 2.05) is 156 Å². The normalized spacial score (nSPS) is 13.7. The Hall–Kier alpha value is -7.92. The first kappa shape index (κ1) is 60.7. The maximum Gasteiger partial charge on any atom is 0.407 e. The van der Waals surface area contributed by atoms with E-state index in [0.29, 0.717) is 64.7 Å². The molecule has 2 fully saturated rings. The molecule has 0 bridgehead atoms. The van der Waals surface area contributed by atoms with Crippen LogP contribution < -0.4 is 21.7 Å². The van der Waals surface area contributed by atoms with Crippen LogP contribution in [0.25, 0.3) is 11.4 Å². The van der Waals surface area contributed by atoms with E-state index in [9.17, 15) is 19.5 Å². The molecule has 16 heteroatoms. The number of hydrogen-bond acceptors (Lipinski definition) is 10. The highest BCUT2D eigenvalue weighted by atomic mass is 35.5. The number of nitrogens with one attached hydrogen (secondary N) is 3. The molecular weight excluding hydrogens is 1040 g/mol. The van der Waals surface area contributed by atoms with Crippen molar-refractivity contribution in [2.45, 2.75) is 104 Å². The zero-order valence-corrected chi connectivity index (χ0v) is 47.6. The molecule has 10 rings (SSSR count). The van der Waals surface area contributed by atoms with Crippen LogP contribution in [0.15, 0.2) is 170 Å². The molecular formula is C65H75ClN8O7. The minimum atomic E-state index is -0.808. The summed E-state index contributed by atoms with van der Waals surface area (Å²) in [6, 6.07) is 53.3. The molecule has 2 atom stereocenters. The molecule has 8 aromatic rings. The van der Waals surface area contributed by atoms with Gasteiger partial charge >= 0.3 is 6.09 Å². The second-order valence-electron chi connectivity index (χ2n) is 21.4. The van der Waals surface area contributed by atoms with Crippen LogP contribution in [0.3, 0.4) is 0 Å². The molecule has 15 nitrogen and oxygen atoms in total. The minimum absolute atomic E-state index is 0. The van der Waals surface area contributed by atoms with Gasteiger partial charge in [-0.1, -0.05) is 122 Å². The van der Waals surface area contributed by atoms with Crippen LogP contribution in [0.1, 0.15) is 137 Å². The molecule has 0 aliphatic heterocycles. The SMILES string of the molecule is Cc1cc(C(=O)Nc2cccc(C(O)c3ccccc3)c2)n(-c2cccc(CNC(=O)OC(C)(C)C)c2)n1.Cc1cc(C(=O)Nc2cccc(C(OCC3CCC3)c3ccccc3)c2)n(-c2cccc(CN)c2)n1.Cl.OCC1CCC1.